The molecule has 1 amide bonds. The summed E-state index contributed by atoms with van der Waals surface area (Å²) in [6.07, 6.45) is 1.96. The highest BCUT2D eigenvalue weighted by molar-refractivity contribution is 5.64. The maximum absolute atomic E-state index is 11.5. The number of aromatic nitrogens is 2. The van der Waals surface area contributed by atoms with E-state index in [0.29, 0.717) is 25.9 Å². The molecule has 1 aromatic heterocycles. The molecule has 16 heavy (non-hydrogen) atoms. The van der Waals surface area contributed by atoms with Crippen molar-refractivity contribution in [2.45, 2.75) is 18.9 Å². The Hall–Kier alpha value is -1.85. The Morgan fingerprint density at radius 2 is 2.12 bits per heavy atom. The van der Waals surface area contributed by atoms with Crippen LogP contribution in [0.5, 0.6) is 0 Å². The molecule has 1 aliphatic heterocycles. The van der Waals surface area contributed by atoms with Crippen molar-refractivity contribution in [3.8, 4) is 0 Å². The second kappa shape index (κ2) is 4.34. The summed E-state index contributed by atoms with van der Waals surface area (Å²) in [4.78, 5) is 23.6. The maximum atomic E-state index is 11.5. The van der Waals surface area contributed by atoms with Crippen LogP contribution >= 0.6 is 0 Å². The van der Waals surface area contributed by atoms with Crippen LogP contribution < -0.4 is 5.56 Å². The van der Waals surface area contributed by atoms with Gasteiger partial charge in [0.25, 0.3) is 5.56 Å². The number of rotatable bonds is 1. The molecule has 2 rings (SSSR count). The normalized spacial score (nSPS) is 17.4. The Kier molecular flexibility index (Phi) is 2.89. The molecule has 2 heterocycles. The van der Waals surface area contributed by atoms with E-state index in [2.05, 4.69) is 5.10 Å². The minimum atomic E-state index is -0.896. The van der Waals surface area contributed by atoms with Gasteiger partial charge in [-0.1, -0.05) is 0 Å². The van der Waals surface area contributed by atoms with Crippen molar-refractivity contribution < 1.29 is 9.90 Å². The summed E-state index contributed by atoms with van der Waals surface area (Å²) in [7, 11) is 0. The van der Waals surface area contributed by atoms with E-state index < -0.39 is 6.09 Å². The van der Waals surface area contributed by atoms with E-state index in [4.69, 9.17) is 5.11 Å². The third-order valence-corrected chi connectivity index (χ3v) is 2.82. The number of hydrogen-bond acceptors (Lipinski definition) is 3. The van der Waals surface area contributed by atoms with Crippen molar-refractivity contribution in [1.29, 1.82) is 0 Å². The van der Waals surface area contributed by atoms with Crippen molar-refractivity contribution in [2.75, 3.05) is 13.1 Å². The van der Waals surface area contributed by atoms with Crippen LogP contribution in [0.1, 0.15) is 18.9 Å². The first-order valence-corrected chi connectivity index (χ1v) is 5.20. The monoisotopic (exact) mass is 223 g/mol. The fraction of sp³-hybridized carbons (Fsp3) is 0.500. The van der Waals surface area contributed by atoms with E-state index >= 15 is 0 Å². The molecule has 0 saturated carbocycles. The van der Waals surface area contributed by atoms with Crippen LogP contribution in [0, 0.1) is 0 Å². The molecule has 0 radical (unpaired) electrons. The molecule has 1 aliphatic rings. The van der Waals surface area contributed by atoms with Crippen molar-refractivity contribution in [1.82, 2.24) is 14.7 Å². The summed E-state index contributed by atoms with van der Waals surface area (Å²) >= 11 is 0. The summed E-state index contributed by atoms with van der Waals surface area (Å²) in [5.41, 5.74) is -0.128. The molecule has 0 unspecified atom stereocenters. The van der Waals surface area contributed by atoms with Gasteiger partial charge in [0.1, 0.15) is 0 Å². The smallest absolute Gasteiger partial charge is 0.407 e. The van der Waals surface area contributed by atoms with Gasteiger partial charge in [0.2, 0.25) is 0 Å². The average Bonchev–Trinajstić information content (AvgIpc) is 2.30. The molecular formula is C10H13N3O3. The van der Waals surface area contributed by atoms with Gasteiger partial charge in [-0.15, -0.1) is 0 Å². The molecule has 1 N–H and O–H groups in total. The van der Waals surface area contributed by atoms with E-state index in [9.17, 15) is 9.59 Å². The zero-order valence-electron chi connectivity index (χ0n) is 8.74. The molecule has 1 fully saturated rings. The van der Waals surface area contributed by atoms with Crippen LogP contribution in [-0.2, 0) is 0 Å². The van der Waals surface area contributed by atoms with Crippen molar-refractivity contribution in [3.63, 3.8) is 0 Å². The first-order chi connectivity index (χ1) is 7.68. The Morgan fingerprint density at radius 3 is 2.69 bits per heavy atom. The zero-order chi connectivity index (χ0) is 11.5. The highest BCUT2D eigenvalue weighted by Gasteiger charge is 2.24. The van der Waals surface area contributed by atoms with Crippen molar-refractivity contribution in [3.05, 3.63) is 28.7 Å². The van der Waals surface area contributed by atoms with Crippen LogP contribution in [-0.4, -0.2) is 39.0 Å². The maximum Gasteiger partial charge on any atom is 0.407 e. The molecule has 0 bridgehead atoms. The highest BCUT2D eigenvalue weighted by atomic mass is 16.4. The predicted octanol–water partition coefficient (Wildman–Crippen LogP) is 0.558. The zero-order valence-corrected chi connectivity index (χ0v) is 8.74. The summed E-state index contributed by atoms with van der Waals surface area (Å²) in [5, 5.41) is 12.8. The van der Waals surface area contributed by atoms with Gasteiger partial charge in [-0.2, -0.15) is 5.10 Å². The third-order valence-electron chi connectivity index (χ3n) is 2.82. The molecular weight excluding hydrogens is 210 g/mol. The Balaban J connectivity index is 2.08. The van der Waals surface area contributed by atoms with Gasteiger partial charge >= 0.3 is 6.09 Å². The quantitative estimate of drug-likeness (QED) is 0.754. The molecule has 0 aliphatic carbocycles. The van der Waals surface area contributed by atoms with E-state index in [0.717, 1.165) is 0 Å². The lowest BCUT2D eigenvalue weighted by Gasteiger charge is -2.30. The van der Waals surface area contributed by atoms with Crippen LogP contribution in [0.15, 0.2) is 23.1 Å². The Bertz CT molecular complexity index is 435. The number of carboxylic acid groups (broad SMARTS) is 1. The molecule has 6 heteroatoms. The number of likely N-dealkylation sites (tertiary alicyclic amines) is 1. The Labute approximate surface area is 92.1 Å². The lowest BCUT2D eigenvalue weighted by atomic mass is 10.1. The molecule has 1 aromatic rings. The summed E-state index contributed by atoms with van der Waals surface area (Å²) < 4.78 is 1.44. The minimum absolute atomic E-state index is 0.0179. The van der Waals surface area contributed by atoms with Gasteiger partial charge in [0.15, 0.2) is 0 Å². The van der Waals surface area contributed by atoms with Crippen LogP contribution in [0.25, 0.3) is 0 Å². The van der Waals surface area contributed by atoms with Gasteiger partial charge in [-0.05, 0) is 18.9 Å². The average molecular weight is 223 g/mol. The van der Waals surface area contributed by atoms with Crippen molar-refractivity contribution in [2.24, 2.45) is 0 Å². The van der Waals surface area contributed by atoms with Gasteiger partial charge in [-0.3, -0.25) is 4.79 Å². The number of carbonyl (C=O) groups is 1. The van der Waals surface area contributed by atoms with Crippen LogP contribution in [0.3, 0.4) is 0 Å². The first-order valence-electron chi connectivity index (χ1n) is 5.20. The lowest BCUT2D eigenvalue weighted by Crippen LogP contribution is -2.40. The third kappa shape index (κ3) is 2.05. The lowest BCUT2D eigenvalue weighted by molar-refractivity contribution is 0.123. The second-order valence-electron chi connectivity index (χ2n) is 3.81. The molecule has 86 valence electrons. The minimum Gasteiger partial charge on any atom is -0.465 e. The molecule has 0 aromatic carbocycles. The van der Waals surface area contributed by atoms with Crippen LogP contribution in [0.4, 0.5) is 4.79 Å². The highest BCUT2D eigenvalue weighted by Crippen LogP contribution is 2.19. The molecule has 6 nitrogen and oxygen atoms in total. The van der Waals surface area contributed by atoms with Crippen molar-refractivity contribution >= 4 is 6.09 Å². The van der Waals surface area contributed by atoms with Gasteiger partial charge < -0.3 is 10.0 Å². The molecule has 1 saturated heterocycles. The molecule has 0 spiro atoms. The second-order valence-corrected chi connectivity index (χ2v) is 3.81. The Morgan fingerprint density at radius 1 is 1.44 bits per heavy atom. The summed E-state index contributed by atoms with van der Waals surface area (Å²) in [6, 6.07) is 3.09. The predicted molar refractivity (Wildman–Crippen MR) is 56.4 cm³/mol. The summed E-state index contributed by atoms with van der Waals surface area (Å²) in [5.74, 6) is 0. The largest absolute Gasteiger partial charge is 0.465 e. The van der Waals surface area contributed by atoms with E-state index in [1.165, 1.54) is 15.6 Å². The van der Waals surface area contributed by atoms with E-state index in [-0.39, 0.29) is 11.6 Å². The topological polar surface area (TPSA) is 75.4 Å². The van der Waals surface area contributed by atoms with Gasteiger partial charge in [0.05, 0.1) is 6.04 Å². The number of piperidine rings is 1. The number of hydrogen-bond donors (Lipinski definition) is 1. The SMILES string of the molecule is O=C(O)N1CCC(n2ncccc2=O)CC1. The fourth-order valence-electron chi connectivity index (χ4n) is 1.94. The van der Waals surface area contributed by atoms with E-state index in [1.54, 1.807) is 12.3 Å². The number of amides is 1. The summed E-state index contributed by atoms with van der Waals surface area (Å²) in [6.45, 7) is 0.923. The fourth-order valence-corrected chi connectivity index (χ4v) is 1.94. The van der Waals surface area contributed by atoms with Gasteiger partial charge in [-0.25, -0.2) is 9.48 Å². The molecule has 0 atom stereocenters. The van der Waals surface area contributed by atoms with Crippen LogP contribution in [0.2, 0.25) is 0 Å². The number of nitrogens with zero attached hydrogens (tertiary/aromatic N) is 3. The van der Waals surface area contributed by atoms with E-state index in [1.807, 2.05) is 0 Å². The van der Waals surface area contributed by atoms with Gasteiger partial charge in [0, 0.05) is 25.4 Å². The standard InChI is InChI=1S/C10H13N3O3/c14-9-2-1-5-11-13(9)8-3-6-12(7-4-8)10(15)16/h1-2,5,8H,3-4,6-7H2,(H,15,16). The first kappa shape index (κ1) is 10.7.